The molecule has 0 saturated carbocycles. The highest BCUT2D eigenvalue weighted by molar-refractivity contribution is 6.30. The average molecular weight is 275 g/mol. The monoisotopic (exact) mass is 274 g/mol. The van der Waals surface area contributed by atoms with Crippen LogP contribution in [0.15, 0.2) is 30.3 Å². The fourth-order valence-electron chi connectivity index (χ4n) is 1.90. The minimum atomic E-state index is 0.439. The molecule has 0 aliphatic heterocycles. The molecule has 0 saturated heterocycles. The lowest BCUT2D eigenvalue weighted by Gasteiger charge is -2.05. The van der Waals surface area contributed by atoms with Crippen LogP contribution < -0.4 is 10.5 Å². The van der Waals surface area contributed by atoms with Crippen LogP contribution in [0, 0.1) is 0 Å². The third kappa shape index (κ3) is 2.08. The Morgan fingerprint density at radius 2 is 2.05 bits per heavy atom. The molecule has 5 nitrogen and oxygen atoms in total. The van der Waals surface area contributed by atoms with Crippen molar-refractivity contribution < 1.29 is 4.74 Å². The minimum absolute atomic E-state index is 0.439. The predicted octanol–water partition coefficient (Wildman–Crippen LogP) is 2.87. The van der Waals surface area contributed by atoms with Gasteiger partial charge in [-0.25, -0.2) is 9.97 Å². The van der Waals surface area contributed by atoms with Gasteiger partial charge in [0.15, 0.2) is 5.65 Å². The molecule has 0 spiro atoms. The maximum atomic E-state index is 5.94. The lowest BCUT2D eigenvalue weighted by atomic mass is 10.2. The van der Waals surface area contributed by atoms with E-state index in [1.54, 1.807) is 25.3 Å². The van der Waals surface area contributed by atoms with E-state index in [4.69, 9.17) is 22.1 Å². The lowest BCUT2D eigenvalue weighted by Crippen LogP contribution is -1.89. The van der Waals surface area contributed by atoms with Gasteiger partial charge >= 0.3 is 0 Å². The molecule has 96 valence electrons. The molecule has 0 unspecified atom stereocenters. The van der Waals surface area contributed by atoms with Gasteiger partial charge in [0.25, 0.3) is 0 Å². The van der Waals surface area contributed by atoms with E-state index in [1.807, 2.05) is 12.1 Å². The van der Waals surface area contributed by atoms with Crippen molar-refractivity contribution in [1.29, 1.82) is 0 Å². The number of anilines is 1. The number of nitrogens with one attached hydrogen (secondary N) is 1. The smallest absolute Gasteiger partial charge is 0.180 e. The molecule has 0 aliphatic carbocycles. The minimum Gasteiger partial charge on any atom is -0.496 e. The van der Waals surface area contributed by atoms with Gasteiger partial charge in [0, 0.05) is 5.02 Å². The zero-order chi connectivity index (χ0) is 13.4. The number of fused-ring (bicyclic) bond motifs is 1. The van der Waals surface area contributed by atoms with E-state index in [9.17, 15) is 0 Å². The van der Waals surface area contributed by atoms with Crippen LogP contribution in [-0.4, -0.2) is 22.1 Å². The summed E-state index contributed by atoms with van der Waals surface area (Å²) in [7, 11) is 1.59. The number of aromatic nitrogens is 3. The summed E-state index contributed by atoms with van der Waals surface area (Å²) in [5, 5.41) is 0.610. The number of nitrogen functional groups attached to an aromatic ring is 1. The Balaban J connectivity index is 2.18. The summed E-state index contributed by atoms with van der Waals surface area (Å²) in [6.07, 6.45) is 0. The fourth-order valence-corrected chi connectivity index (χ4v) is 2.06. The Bertz CT molecular complexity index is 753. The number of hydrogen-bond donors (Lipinski definition) is 2. The molecular formula is C13H11ClN4O. The second kappa shape index (κ2) is 4.44. The quantitative estimate of drug-likeness (QED) is 0.753. The van der Waals surface area contributed by atoms with Gasteiger partial charge < -0.3 is 15.5 Å². The first-order valence-corrected chi connectivity index (χ1v) is 6.01. The highest BCUT2D eigenvalue weighted by atomic mass is 35.5. The predicted molar refractivity (Wildman–Crippen MR) is 75.3 cm³/mol. The van der Waals surface area contributed by atoms with Crippen molar-refractivity contribution >= 4 is 28.6 Å². The molecule has 2 heterocycles. The van der Waals surface area contributed by atoms with Crippen molar-refractivity contribution in [1.82, 2.24) is 15.0 Å². The Labute approximate surface area is 114 Å². The number of ether oxygens (including phenoxy) is 1. The van der Waals surface area contributed by atoms with Crippen molar-refractivity contribution in [2.24, 2.45) is 0 Å². The van der Waals surface area contributed by atoms with Gasteiger partial charge in [0.2, 0.25) is 0 Å². The molecule has 0 radical (unpaired) electrons. The van der Waals surface area contributed by atoms with Crippen LogP contribution in [0.3, 0.4) is 0 Å². The molecule has 1 aromatic carbocycles. The molecular weight excluding hydrogens is 264 g/mol. The van der Waals surface area contributed by atoms with Crippen LogP contribution in [-0.2, 0) is 0 Å². The number of benzene rings is 1. The highest BCUT2D eigenvalue weighted by Crippen LogP contribution is 2.31. The van der Waals surface area contributed by atoms with E-state index in [0.29, 0.717) is 28.1 Å². The second-order valence-corrected chi connectivity index (χ2v) is 4.47. The van der Waals surface area contributed by atoms with Crippen LogP contribution in [0.25, 0.3) is 22.6 Å². The van der Waals surface area contributed by atoms with Crippen LogP contribution in [0.4, 0.5) is 5.82 Å². The number of pyridine rings is 1. The normalized spacial score (nSPS) is 10.8. The SMILES string of the molecule is COc1cc(Cl)ccc1-c1nc2nc(N)ccc2[nH]1. The van der Waals surface area contributed by atoms with Crippen molar-refractivity contribution in [3.63, 3.8) is 0 Å². The first-order chi connectivity index (χ1) is 9.17. The van der Waals surface area contributed by atoms with E-state index >= 15 is 0 Å². The summed E-state index contributed by atoms with van der Waals surface area (Å²) in [6.45, 7) is 0. The molecule has 0 bridgehead atoms. The molecule has 3 aromatic rings. The molecule has 3 N–H and O–H groups in total. The first kappa shape index (κ1) is 11.8. The Morgan fingerprint density at radius 3 is 2.84 bits per heavy atom. The largest absolute Gasteiger partial charge is 0.496 e. The van der Waals surface area contributed by atoms with Gasteiger partial charge in [-0.3, -0.25) is 0 Å². The van der Waals surface area contributed by atoms with Crippen molar-refractivity contribution in [2.45, 2.75) is 0 Å². The van der Waals surface area contributed by atoms with E-state index in [-0.39, 0.29) is 0 Å². The van der Waals surface area contributed by atoms with E-state index < -0.39 is 0 Å². The summed E-state index contributed by atoms with van der Waals surface area (Å²) in [6, 6.07) is 8.95. The molecule has 0 atom stereocenters. The second-order valence-electron chi connectivity index (χ2n) is 4.04. The average Bonchev–Trinajstić information content (AvgIpc) is 2.81. The van der Waals surface area contributed by atoms with Gasteiger partial charge in [-0.1, -0.05) is 11.6 Å². The van der Waals surface area contributed by atoms with E-state index in [2.05, 4.69) is 15.0 Å². The third-order valence-electron chi connectivity index (χ3n) is 2.79. The van der Waals surface area contributed by atoms with Gasteiger partial charge in [0.1, 0.15) is 17.4 Å². The number of imidazole rings is 1. The van der Waals surface area contributed by atoms with Gasteiger partial charge in [0.05, 0.1) is 18.2 Å². The maximum Gasteiger partial charge on any atom is 0.180 e. The Hall–Kier alpha value is -2.27. The summed E-state index contributed by atoms with van der Waals surface area (Å²) in [5.74, 6) is 1.76. The van der Waals surface area contributed by atoms with Crippen molar-refractivity contribution in [2.75, 3.05) is 12.8 Å². The van der Waals surface area contributed by atoms with Crippen LogP contribution in [0.5, 0.6) is 5.75 Å². The van der Waals surface area contributed by atoms with Gasteiger partial charge in [-0.05, 0) is 30.3 Å². The lowest BCUT2D eigenvalue weighted by molar-refractivity contribution is 0.416. The van der Waals surface area contributed by atoms with Crippen molar-refractivity contribution in [3.8, 4) is 17.1 Å². The number of nitrogens with two attached hydrogens (primary N) is 1. The summed E-state index contributed by atoms with van der Waals surface area (Å²) < 4.78 is 5.31. The molecule has 0 fully saturated rings. The number of methoxy groups -OCH3 is 1. The number of H-pyrrole nitrogens is 1. The molecule has 0 aliphatic rings. The molecule has 0 amide bonds. The fraction of sp³-hybridized carbons (Fsp3) is 0.0769. The number of aromatic amines is 1. The summed E-state index contributed by atoms with van der Waals surface area (Å²) in [4.78, 5) is 11.8. The van der Waals surface area contributed by atoms with Crippen LogP contribution >= 0.6 is 11.6 Å². The molecule has 3 rings (SSSR count). The van der Waals surface area contributed by atoms with Crippen molar-refractivity contribution in [3.05, 3.63) is 35.4 Å². The van der Waals surface area contributed by atoms with Crippen LogP contribution in [0.2, 0.25) is 5.02 Å². The zero-order valence-electron chi connectivity index (χ0n) is 10.1. The number of hydrogen-bond acceptors (Lipinski definition) is 4. The zero-order valence-corrected chi connectivity index (χ0v) is 10.9. The maximum absolute atomic E-state index is 5.94. The van der Waals surface area contributed by atoms with Gasteiger partial charge in [-0.2, -0.15) is 0 Å². The molecule has 6 heteroatoms. The van der Waals surface area contributed by atoms with E-state index in [0.717, 1.165) is 11.1 Å². The number of nitrogens with zero attached hydrogens (tertiary/aromatic N) is 2. The third-order valence-corrected chi connectivity index (χ3v) is 3.02. The van der Waals surface area contributed by atoms with Gasteiger partial charge in [-0.15, -0.1) is 0 Å². The topological polar surface area (TPSA) is 76.8 Å². The summed E-state index contributed by atoms with van der Waals surface area (Å²) >= 11 is 5.94. The Kier molecular flexibility index (Phi) is 2.76. The molecule has 19 heavy (non-hydrogen) atoms. The highest BCUT2D eigenvalue weighted by Gasteiger charge is 2.11. The first-order valence-electron chi connectivity index (χ1n) is 5.63. The van der Waals surface area contributed by atoms with Crippen LogP contribution in [0.1, 0.15) is 0 Å². The number of halogens is 1. The Morgan fingerprint density at radius 1 is 1.21 bits per heavy atom. The summed E-state index contributed by atoms with van der Waals surface area (Å²) in [5.41, 5.74) is 7.86. The molecule has 2 aromatic heterocycles. The number of rotatable bonds is 2. The van der Waals surface area contributed by atoms with E-state index in [1.165, 1.54) is 0 Å². The standard InChI is InChI=1S/C13H11ClN4O/c1-19-10-6-7(14)2-3-8(10)12-16-9-4-5-11(15)17-13(9)18-12/h2-6H,1H3,(H3,15,16,17,18).